The van der Waals surface area contributed by atoms with Crippen LogP contribution in [0.5, 0.6) is 0 Å². The van der Waals surface area contributed by atoms with Crippen molar-refractivity contribution in [3.05, 3.63) is 34.9 Å². The van der Waals surface area contributed by atoms with E-state index in [4.69, 9.17) is 4.74 Å². The summed E-state index contributed by atoms with van der Waals surface area (Å²) in [5.41, 5.74) is 3.06. The van der Waals surface area contributed by atoms with Crippen molar-refractivity contribution in [3.8, 4) is 0 Å². The third kappa shape index (κ3) is 3.32. The van der Waals surface area contributed by atoms with Crippen LogP contribution in [0.1, 0.15) is 43.1 Å². The number of methoxy groups -OCH3 is 1. The molecule has 0 heterocycles. The van der Waals surface area contributed by atoms with E-state index in [0.29, 0.717) is 6.42 Å². The molecule has 0 aliphatic carbocycles. The second kappa shape index (κ2) is 4.98. The molecule has 1 rings (SSSR count). The molecule has 1 aromatic rings. The van der Waals surface area contributed by atoms with Gasteiger partial charge in [-0.25, -0.2) is 0 Å². The normalized spacial score (nSPS) is 13.9. The van der Waals surface area contributed by atoms with Gasteiger partial charge in [0.15, 0.2) is 0 Å². The van der Waals surface area contributed by atoms with Crippen LogP contribution in [-0.4, -0.2) is 17.8 Å². The molecule has 0 radical (unpaired) electrons. The first kappa shape index (κ1) is 13.2. The van der Waals surface area contributed by atoms with E-state index >= 15 is 0 Å². The maximum atomic E-state index is 10.2. The van der Waals surface area contributed by atoms with E-state index in [-0.39, 0.29) is 5.60 Å². The fraction of sp³-hybridized carbons (Fsp3) is 0.571. The summed E-state index contributed by atoms with van der Waals surface area (Å²) in [6.45, 7) is 8.06. The minimum absolute atomic E-state index is 0.295. The lowest BCUT2D eigenvalue weighted by molar-refractivity contribution is -0.0202. The number of aliphatic hydroxyl groups excluding tert-OH is 1. The maximum absolute atomic E-state index is 10.2. The smallest absolute Gasteiger partial charge is 0.0819 e. The zero-order valence-corrected chi connectivity index (χ0v) is 10.9. The van der Waals surface area contributed by atoms with Crippen LogP contribution in [0.3, 0.4) is 0 Å². The summed E-state index contributed by atoms with van der Waals surface area (Å²) in [5.74, 6) is 0. The van der Waals surface area contributed by atoms with Gasteiger partial charge in [-0.15, -0.1) is 0 Å². The molecule has 1 aromatic carbocycles. The second-order valence-electron chi connectivity index (χ2n) is 5.04. The van der Waals surface area contributed by atoms with E-state index in [0.717, 1.165) is 11.1 Å². The Morgan fingerprint density at radius 1 is 1.31 bits per heavy atom. The highest BCUT2D eigenvalue weighted by molar-refractivity contribution is 5.32. The van der Waals surface area contributed by atoms with Crippen molar-refractivity contribution >= 4 is 0 Å². The molecule has 0 spiro atoms. The third-order valence-electron chi connectivity index (χ3n) is 3.02. The van der Waals surface area contributed by atoms with Gasteiger partial charge in [-0.3, -0.25) is 0 Å². The van der Waals surface area contributed by atoms with Gasteiger partial charge in [0.25, 0.3) is 0 Å². The predicted molar refractivity (Wildman–Crippen MR) is 66.6 cm³/mol. The lowest BCUT2D eigenvalue weighted by atomic mass is 9.93. The Kier molecular flexibility index (Phi) is 4.11. The number of hydrogen-bond donors (Lipinski definition) is 1. The fourth-order valence-electron chi connectivity index (χ4n) is 1.86. The molecule has 0 aliphatic rings. The van der Waals surface area contributed by atoms with Crippen molar-refractivity contribution in [2.45, 2.75) is 45.8 Å². The number of ether oxygens (including phenoxy) is 1. The molecule has 0 bridgehead atoms. The SMILES string of the molecule is COC(C)(C)CC(O)c1ccc(C)cc1C. The van der Waals surface area contributed by atoms with Gasteiger partial charge in [-0.05, 0) is 38.8 Å². The van der Waals surface area contributed by atoms with Crippen molar-refractivity contribution in [2.75, 3.05) is 7.11 Å². The van der Waals surface area contributed by atoms with Gasteiger partial charge in [0.05, 0.1) is 11.7 Å². The summed E-state index contributed by atoms with van der Waals surface area (Å²) < 4.78 is 5.33. The summed E-state index contributed by atoms with van der Waals surface area (Å²) in [6, 6.07) is 6.13. The standard InChI is InChI=1S/C14H22O2/c1-10-6-7-12(11(2)8-10)13(15)9-14(3,4)16-5/h6-8,13,15H,9H2,1-5H3. The Balaban J connectivity index is 2.84. The Bertz CT molecular complexity index is 356. The molecular weight excluding hydrogens is 200 g/mol. The minimum atomic E-state index is -0.462. The van der Waals surface area contributed by atoms with Crippen molar-refractivity contribution < 1.29 is 9.84 Å². The summed E-state index contributed by atoms with van der Waals surface area (Å²) in [7, 11) is 1.68. The van der Waals surface area contributed by atoms with Gasteiger partial charge in [0.1, 0.15) is 0 Å². The highest BCUT2D eigenvalue weighted by Gasteiger charge is 2.23. The van der Waals surface area contributed by atoms with E-state index in [1.165, 1.54) is 5.56 Å². The van der Waals surface area contributed by atoms with Crippen LogP contribution in [0.25, 0.3) is 0 Å². The molecule has 0 amide bonds. The lowest BCUT2D eigenvalue weighted by Crippen LogP contribution is -2.25. The van der Waals surface area contributed by atoms with E-state index < -0.39 is 6.10 Å². The lowest BCUT2D eigenvalue weighted by Gasteiger charge is -2.26. The fourth-order valence-corrected chi connectivity index (χ4v) is 1.86. The van der Waals surface area contributed by atoms with Gasteiger partial charge in [-0.2, -0.15) is 0 Å². The average molecular weight is 222 g/mol. The number of aliphatic hydroxyl groups is 1. The molecule has 16 heavy (non-hydrogen) atoms. The molecule has 1 N–H and O–H groups in total. The predicted octanol–water partition coefficient (Wildman–Crippen LogP) is 3.15. The zero-order chi connectivity index (χ0) is 12.3. The first-order valence-corrected chi connectivity index (χ1v) is 5.66. The molecule has 0 fully saturated rings. The molecule has 1 unspecified atom stereocenters. The minimum Gasteiger partial charge on any atom is -0.388 e. The van der Waals surface area contributed by atoms with E-state index in [1.807, 2.05) is 32.9 Å². The first-order chi connectivity index (χ1) is 7.35. The van der Waals surface area contributed by atoms with Crippen LogP contribution >= 0.6 is 0 Å². The molecular formula is C14H22O2. The Morgan fingerprint density at radius 3 is 2.44 bits per heavy atom. The summed E-state index contributed by atoms with van der Waals surface area (Å²) in [6.07, 6.45) is 0.142. The molecule has 0 saturated heterocycles. The van der Waals surface area contributed by atoms with Crippen molar-refractivity contribution in [1.29, 1.82) is 0 Å². The summed E-state index contributed by atoms with van der Waals surface area (Å²) >= 11 is 0. The Hall–Kier alpha value is -0.860. The molecule has 2 heteroatoms. The van der Waals surface area contributed by atoms with Gasteiger partial charge in [0, 0.05) is 13.5 Å². The highest BCUT2D eigenvalue weighted by Crippen LogP contribution is 2.28. The summed E-state index contributed by atoms with van der Waals surface area (Å²) in [4.78, 5) is 0. The first-order valence-electron chi connectivity index (χ1n) is 5.66. The van der Waals surface area contributed by atoms with Crippen molar-refractivity contribution in [3.63, 3.8) is 0 Å². The third-order valence-corrected chi connectivity index (χ3v) is 3.02. The largest absolute Gasteiger partial charge is 0.388 e. The van der Waals surface area contributed by atoms with E-state index in [1.54, 1.807) is 7.11 Å². The second-order valence-corrected chi connectivity index (χ2v) is 5.04. The average Bonchev–Trinajstić information content (AvgIpc) is 2.16. The van der Waals surface area contributed by atoms with Crippen LogP contribution in [0.4, 0.5) is 0 Å². The van der Waals surface area contributed by atoms with Gasteiger partial charge in [0.2, 0.25) is 0 Å². The van der Waals surface area contributed by atoms with Crippen LogP contribution in [-0.2, 0) is 4.74 Å². The van der Waals surface area contributed by atoms with Gasteiger partial charge >= 0.3 is 0 Å². The zero-order valence-electron chi connectivity index (χ0n) is 10.9. The Labute approximate surface area is 98.3 Å². The number of benzene rings is 1. The molecule has 0 saturated carbocycles. The Morgan fingerprint density at radius 2 is 1.94 bits per heavy atom. The number of aryl methyl sites for hydroxylation is 2. The molecule has 2 nitrogen and oxygen atoms in total. The van der Waals surface area contributed by atoms with Gasteiger partial charge in [-0.1, -0.05) is 23.8 Å². The van der Waals surface area contributed by atoms with Gasteiger partial charge < -0.3 is 9.84 Å². The number of rotatable bonds is 4. The topological polar surface area (TPSA) is 29.5 Å². The van der Waals surface area contributed by atoms with Crippen molar-refractivity contribution in [1.82, 2.24) is 0 Å². The molecule has 1 atom stereocenters. The molecule has 0 aromatic heterocycles. The van der Waals surface area contributed by atoms with Crippen LogP contribution in [0.2, 0.25) is 0 Å². The molecule has 90 valence electrons. The van der Waals surface area contributed by atoms with Crippen LogP contribution in [0.15, 0.2) is 18.2 Å². The highest BCUT2D eigenvalue weighted by atomic mass is 16.5. The van der Waals surface area contributed by atoms with Crippen LogP contribution in [0, 0.1) is 13.8 Å². The number of hydrogen-bond acceptors (Lipinski definition) is 2. The molecule has 0 aliphatic heterocycles. The van der Waals surface area contributed by atoms with E-state index in [9.17, 15) is 5.11 Å². The monoisotopic (exact) mass is 222 g/mol. The maximum Gasteiger partial charge on any atom is 0.0819 e. The van der Waals surface area contributed by atoms with Crippen molar-refractivity contribution in [2.24, 2.45) is 0 Å². The quantitative estimate of drug-likeness (QED) is 0.848. The van der Waals surface area contributed by atoms with E-state index in [2.05, 4.69) is 13.0 Å². The van der Waals surface area contributed by atoms with Crippen LogP contribution < -0.4 is 0 Å². The summed E-state index contributed by atoms with van der Waals surface area (Å²) in [5, 5.41) is 10.2.